The van der Waals surface area contributed by atoms with E-state index in [0.717, 1.165) is 36.0 Å². The summed E-state index contributed by atoms with van der Waals surface area (Å²) in [5, 5.41) is 23.1. The van der Waals surface area contributed by atoms with E-state index in [1.807, 2.05) is 85.8 Å². The van der Waals surface area contributed by atoms with Crippen LogP contribution >= 0.6 is 0 Å². The number of aliphatic carboxylic acids is 1. The Morgan fingerprint density at radius 3 is 1.45 bits per heavy atom. The summed E-state index contributed by atoms with van der Waals surface area (Å²) in [5.41, 5.74) is 0.210. The molecule has 5 unspecified atom stereocenters. The summed E-state index contributed by atoms with van der Waals surface area (Å²) in [6.45, 7) is 15.2. The van der Waals surface area contributed by atoms with E-state index in [1.165, 1.54) is 59.7 Å². The van der Waals surface area contributed by atoms with Gasteiger partial charge >= 0.3 is 35.8 Å². The molecule has 3 fully saturated rings. The van der Waals surface area contributed by atoms with E-state index >= 15 is 0 Å². The molecule has 3 aliphatic rings. The quantitative estimate of drug-likeness (QED) is 0.0106. The number of carboxylic acid groups (broad SMARTS) is 1. The van der Waals surface area contributed by atoms with Crippen molar-refractivity contribution in [3.63, 3.8) is 0 Å². The van der Waals surface area contributed by atoms with Gasteiger partial charge in [-0.3, -0.25) is 62.3 Å². The van der Waals surface area contributed by atoms with Crippen LogP contribution in [0, 0.1) is 28.6 Å². The van der Waals surface area contributed by atoms with E-state index in [-0.39, 0.29) is 167 Å². The van der Waals surface area contributed by atoms with Crippen LogP contribution in [-0.4, -0.2) is 257 Å². The van der Waals surface area contributed by atoms with Crippen LogP contribution in [-0.2, 0) is 131 Å². The maximum atomic E-state index is 14.4. The van der Waals surface area contributed by atoms with Crippen LogP contribution in [0.5, 0.6) is 11.5 Å². The number of nitrogens with one attached hydrogen (secondary N) is 5. The molecular weight excluding hydrogens is 1670 g/mol. The van der Waals surface area contributed by atoms with Crippen LogP contribution in [0.3, 0.4) is 0 Å². The van der Waals surface area contributed by atoms with Gasteiger partial charge in [0.05, 0.1) is 119 Å². The number of esters is 5. The van der Waals surface area contributed by atoms with Gasteiger partial charge in [-0.15, -0.1) is 0 Å². The molecule has 1 saturated carbocycles. The maximum Gasteiger partial charge on any atom is 0.306 e. The molecule has 35 heteroatoms. The fraction of sp³-hybridized carbons (Fsp3) is 0.602. The van der Waals surface area contributed by atoms with Gasteiger partial charge in [-0.05, 0) is 90.4 Å². The lowest BCUT2D eigenvalue weighted by Crippen LogP contribution is -2.63. The number of hydrogen-bond acceptors (Lipinski definition) is 29. The number of hydrogen-bond donors (Lipinski definition) is 6. The number of benzene rings is 4. The Balaban J connectivity index is 0.884. The molecular formula is C93H129N5O30. The summed E-state index contributed by atoms with van der Waals surface area (Å²) in [7, 11) is 3.20. The number of ether oxygens (including phenoxy) is 16. The van der Waals surface area contributed by atoms with E-state index in [2.05, 4.69) is 33.5 Å². The molecule has 0 aromatic heterocycles. The Labute approximate surface area is 747 Å². The first-order chi connectivity index (χ1) is 61.2. The summed E-state index contributed by atoms with van der Waals surface area (Å²) < 4.78 is 92.8. The van der Waals surface area contributed by atoms with E-state index in [9.17, 15) is 67.4 Å². The fourth-order valence-electron chi connectivity index (χ4n) is 15.9. The second-order valence-corrected chi connectivity index (χ2v) is 32.8. The maximum absolute atomic E-state index is 14.4. The standard InChI is InChI=1S/C93H129N5O30/c1-59-78(55-121-63(5)101)127-90(84(98-62(4)100)86(59)126-66(8)104)120-47-45-118-43-41-116-39-37-95-88(112)69-49-67(48-68(51-69)87(111)94-36-38-115-40-42-117-44-46-119-89-83(97-61(3)99)60(2)85(125-65(7)103)79(128-89)56-122-64(6)102)50-74(105)54-96-80(107)25-21-16-14-13-15-20-24-77(106)70-52-91(9,57-123-82(110)35-34-81(108)109)92(10,53-70)58-124-93(71-22-18-17-19-23-71,72-26-30-75(113-11)31-27-72)73-28-32-76(114-12)33-29-73/h17-19,22-23,26-33,48-49,51,59-60,70,78-79,83-86,89-90H,13-16,20-21,24-25,34-47,50,52-58H2,1-12H3,(H,94,111)(H,95,112)(H,96,107)(H,97,99)(H,98,100)(H,108,109)/t59-,60+,70?,78+,79+,83+,84+,85+,86-,89?,90?,91?,92?/m0/s1. The van der Waals surface area contributed by atoms with Crippen LogP contribution in [0.25, 0.3) is 0 Å². The van der Waals surface area contributed by atoms with Crippen LogP contribution < -0.4 is 36.1 Å². The van der Waals surface area contributed by atoms with E-state index in [0.29, 0.717) is 55.6 Å². The highest BCUT2D eigenvalue weighted by atomic mass is 16.7. The molecule has 0 spiro atoms. The molecule has 2 heterocycles. The number of amides is 5. The molecule has 2 saturated heterocycles. The summed E-state index contributed by atoms with van der Waals surface area (Å²) >= 11 is 0. The van der Waals surface area contributed by atoms with Gasteiger partial charge in [0.15, 0.2) is 18.4 Å². The second-order valence-electron chi connectivity index (χ2n) is 32.8. The van der Waals surface area contributed by atoms with Crippen molar-refractivity contribution in [3.05, 3.63) is 130 Å². The minimum absolute atomic E-state index is 0.00842. The molecule has 0 bridgehead atoms. The first kappa shape index (κ1) is 105. The van der Waals surface area contributed by atoms with Gasteiger partial charge in [-0.25, -0.2) is 0 Å². The van der Waals surface area contributed by atoms with E-state index in [1.54, 1.807) is 28.1 Å². The van der Waals surface area contributed by atoms with Gasteiger partial charge in [0, 0.05) is 114 Å². The van der Waals surface area contributed by atoms with E-state index in [4.69, 9.17) is 75.8 Å². The highest BCUT2D eigenvalue weighted by Crippen LogP contribution is 2.58. The molecule has 5 amide bonds. The van der Waals surface area contributed by atoms with Crippen molar-refractivity contribution in [2.45, 2.75) is 207 Å². The molecule has 0 radical (unpaired) electrons. The van der Waals surface area contributed by atoms with Crippen molar-refractivity contribution in [1.29, 1.82) is 0 Å². The number of methoxy groups -OCH3 is 2. The van der Waals surface area contributed by atoms with Gasteiger partial charge in [0.1, 0.15) is 66.6 Å². The number of Topliss-reactive ketones (excluding diaryl/α,β-unsaturated/α-hetero) is 2. The molecule has 128 heavy (non-hydrogen) atoms. The molecule has 6 N–H and O–H groups in total. The lowest BCUT2D eigenvalue weighted by atomic mass is 9.68. The zero-order valence-corrected chi connectivity index (χ0v) is 75.6. The van der Waals surface area contributed by atoms with Crippen molar-refractivity contribution < 1.29 is 143 Å². The largest absolute Gasteiger partial charge is 0.497 e. The van der Waals surface area contributed by atoms with Crippen molar-refractivity contribution in [2.24, 2.45) is 28.6 Å². The second kappa shape index (κ2) is 53.6. The van der Waals surface area contributed by atoms with Crippen molar-refractivity contribution in [3.8, 4) is 11.5 Å². The molecule has 13 atom stereocenters. The van der Waals surface area contributed by atoms with Gasteiger partial charge in [0.2, 0.25) is 17.7 Å². The van der Waals surface area contributed by atoms with Gasteiger partial charge < -0.3 is 107 Å². The summed E-state index contributed by atoms with van der Waals surface area (Å²) in [4.78, 5) is 165. The molecule has 4 aromatic rings. The third-order valence-electron chi connectivity index (χ3n) is 22.8. The highest BCUT2D eigenvalue weighted by molar-refractivity contribution is 6.00. The zero-order valence-electron chi connectivity index (χ0n) is 75.6. The van der Waals surface area contributed by atoms with Gasteiger partial charge in [-0.1, -0.05) is 108 Å². The van der Waals surface area contributed by atoms with Crippen LogP contribution in [0.1, 0.15) is 189 Å². The van der Waals surface area contributed by atoms with Crippen molar-refractivity contribution in [1.82, 2.24) is 26.6 Å². The highest BCUT2D eigenvalue weighted by Gasteiger charge is 2.57. The smallest absolute Gasteiger partial charge is 0.306 e. The number of carbonyl (C=O) groups excluding carboxylic acids is 12. The van der Waals surface area contributed by atoms with Crippen LogP contribution in [0.15, 0.2) is 97.1 Å². The third-order valence-corrected chi connectivity index (χ3v) is 22.8. The normalized spacial score (nSPS) is 21.9. The van der Waals surface area contributed by atoms with Gasteiger partial charge in [-0.2, -0.15) is 0 Å². The van der Waals surface area contributed by atoms with E-state index < -0.39 is 143 Å². The fourth-order valence-corrected chi connectivity index (χ4v) is 15.9. The van der Waals surface area contributed by atoms with Crippen LogP contribution in [0.4, 0.5) is 0 Å². The Kier molecular flexibility index (Phi) is 43.8. The molecule has 35 nitrogen and oxygen atoms in total. The predicted molar refractivity (Wildman–Crippen MR) is 460 cm³/mol. The summed E-state index contributed by atoms with van der Waals surface area (Å²) in [6, 6.07) is 27.9. The molecule has 1 aliphatic carbocycles. The predicted octanol–water partition coefficient (Wildman–Crippen LogP) is 7.74. The first-order valence-corrected chi connectivity index (χ1v) is 43.6. The monoisotopic (exact) mass is 1800 g/mol. The van der Waals surface area contributed by atoms with Crippen molar-refractivity contribution in [2.75, 3.05) is 126 Å². The minimum Gasteiger partial charge on any atom is -0.497 e. The average Bonchev–Trinajstić information content (AvgIpc) is 1.71. The third kappa shape index (κ3) is 33.6. The topological polar surface area (TPSA) is 450 Å². The van der Waals surface area contributed by atoms with Crippen LogP contribution in [0.2, 0.25) is 0 Å². The zero-order chi connectivity index (χ0) is 93.4. The number of carboxylic acids is 1. The lowest BCUT2D eigenvalue weighted by molar-refractivity contribution is -0.264. The average molecular weight is 1800 g/mol. The number of unbranched alkanes of at least 4 members (excludes halogenated alkanes) is 5. The SMILES string of the molecule is COc1ccc(C(OCC2(C)CC(C(=O)CCCCCCCCC(=O)NCC(=O)Cc3cc(C(=O)NCCOCCOCCOC4O[C@H](COC(C)=O)[C@H](OC(C)=O)[C@H](C)[C@H]4NC(C)=O)cc(C(=O)NCCOCCOCCOC4O[C@H](COC(C)=O)[C@H](C)[C@H](OC(C)=O)[C@H]4NC(C)=O)c3)CC2(C)COC(=O)CCC(=O)O)(c2ccccc2)c2ccc(OC)cc2)cc1. The lowest BCUT2D eigenvalue weighted by Gasteiger charge is -2.44. The first-order valence-electron chi connectivity index (χ1n) is 43.6. The Morgan fingerprint density at radius 1 is 0.477 bits per heavy atom. The molecule has 7 rings (SSSR count). The van der Waals surface area contributed by atoms with Crippen molar-refractivity contribution >= 4 is 76.9 Å². The summed E-state index contributed by atoms with van der Waals surface area (Å²) in [5.74, 6) is -6.76. The molecule has 2 aliphatic heterocycles. The number of carbonyl (C=O) groups is 13. The molecule has 4 aromatic carbocycles. The van der Waals surface area contributed by atoms with Gasteiger partial charge in [0.25, 0.3) is 11.8 Å². The minimum atomic E-state index is -1.18. The Morgan fingerprint density at radius 2 is 0.938 bits per heavy atom. The number of ketones is 2. The Hall–Kier alpha value is -10.4. The summed E-state index contributed by atoms with van der Waals surface area (Å²) in [6.07, 6.45) is -0.871. The Bertz CT molecular complexity index is 4220. The molecule has 706 valence electrons. The number of rotatable bonds is 57.